The van der Waals surface area contributed by atoms with E-state index in [0.717, 1.165) is 38.4 Å². The summed E-state index contributed by atoms with van der Waals surface area (Å²) in [5.74, 6) is 0.945. The van der Waals surface area contributed by atoms with Crippen molar-refractivity contribution in [1.82, 2.24) is 5.32 Å². The zero-order valence-electron chi connectivity index (χ0n) is 11.7. The van der Waals surface area contributed by atoms with Crippen molar-refractivity contribution < 1.29 is 9.47 Å². The minimum absolute atomic E-state index is 0.344. The fourth-order valence-corrected chi connectivity index (χ4v) is 1.84. The molecule has 102 valence electrons. The van der Waals surface area contributed by atoms with Gasteiger partial charge >= 0.3 is 0 Å². The number of ether oxygens (including phenoxy) is 2. The maximum absolute atomic E-state index is 5.58. The standard InChI is InChI=1S/C15H25NO2/c1-4-11-18-14-8-6-13(7-9-14)15(16-3)10-12-17-5-2/h6-9,15-16H,4-5,10-12H2,1-3H3. The maximum atomic E-state index is 5.58. The lowest BCUT2D eigenvalue weighted by Crippen LogP contribution is -2.18. The van der Waals surface area contributed by atoms with E-state index in [4.69, 9.17) is 9.47 Å². The van der Waals surface area contributed by atoms with Gasteiger partial charge < -0.3 is 14.8 Å². The van der Waals surface area contributed by atoms with Crippen LogP contribution in [0.4, 0.5) is 0 Å². The van der Waals surface area contributed by atoms with E-state index in [2.05, 4.69) is 24.4 Å². The first-order valence-electron chi connectivity index (χ1n) is 6.79. The highest BCUT2D eigenvalue weighted by molar-refractivity contribution is 5.29. The fourth-order valence-electron chi connectivity index (χ4n) is 1.84. The van der Waals surface area contributed by atoms with Crippen molar-refractivity contribution in [2.45, 2.75) is 32.7 Å². The van der Waals surface area contributed by atoms with Crippen molar-refractivity contribution >= 4 is 0 Å². The molecule has 1 atom stereocenters. The number of hydrogen-bond acceptors (Lipinski definition) is 3. The zero-order chi connectivity index (χ0) is 13.2. The SMILES string of the molecule is CCCOc1ccc(C(CCOCC)NC)cc1. The van der Waals surface area contributed by atoms with Crippen molar-refractivity contribution in [3.8, 4) is 5.75 Å². The van der Waals surface area contributed by atoms with Crippen LogP contribution in [0, 0.1) is 0 Å². The van der Waals surface area contributed by atoms with Gasteiger partial charge in [0.25, 0.3) is 0 Å². The second-order valence-electron chi connectivity index (χ2n) is 4.24. The fraction of sp³-hybridized carbons (Fsp3) is 0.600. The Kier molecular flexibility index (Phi) is 7.46. The third-order valence-corrected chi connectivity index (χ3v) is 2.86. The van der Waals surface area contributed by atoms with Crippen LogP contribution in [0.1, 0.15) is 38.3 Å². The van der Waals surface area contributed by atoms with Gasteiger partial charge in [-0.15, -0.1) is 0 Å². The van der Waals surface area contributed by atoms with E-state index in [0.29, 0.717) is 6.04 Å². The molecular formula is C15H25NO2. The number of benzene rings is 1. The quantitative estimate of drug-likeness (QED) is 0.684. The third kappa shape index (κ3) is 5.07. The molecule has 0 heterocycles. The van der Waals surface area contributed by atoms with Gasteiger partial charge in [0.1, 0.15) is 5.75 Å². The summed E-state index contributed by atoms with van der Waals surface area (Å²) in [5.41, 5.74) is 1.28. The monoisotopic (exact) mass is 251 g/mol. The van der Waals surface area contributed by atoms with Gasteiger partial charge in [0.15, 0.2) is 0 Å². The molecular weight excluding hydrogens is 226 g/mol. The predicted octanol–water partition coefficient (Wildman–Crippen LogP) is 3.16. The number of nitrogens with one attached hydrogen (secondary N) is 1. The summed E-state index contributed by atoms with van der Waals surface area (Å²) < 4.78 is 11.0. The molecule has 1 rings (SSSR count). The summed E-state index contributed by atoms with van der Waals surface area (Å²) in [6, 6.07) is 8.67. The molecule has 0 aliphatic heterocycles. The van der Waals surface area contributed by atoms with E-state index in [1.165, 1.54) is 5.56 Å². The molecule has 0 radical (unpaired) electrons. The van der Waals surface area contributed by atoms with Crippen LogP contribution in [-0.4, -0.2) is 26.9 Å². The summed E-state index contributed by atoms with van der Waals surface area (Å²) in [5, 5.41) is 3.32. The third-order valence-electron chi connectivity index (χ3n) is 2.86. The van der Waals surface area contributed by atoms with Crippen LogP contribution < -0.4 is 10.1 Å². The Balaban J connectivity index is 2.52. The van der Waals surface area contributed by atoms with Gasteiger partial charge in [-0.3, -0.25) is 0 Å². The minimum atomic E-state index is 0.344. The Morgan fingerprint density at radius 3 is 2.39 bits per heavy atom. The van der Waals surface area contributed by atoms with Crippen molar-refractivity contribution in [1.29, 1.82) is 0 Å². The van der Waals surface area contributed by atoms with Gasteiger partial charge in [-0.05, 0) is 44.5 Å². The zero-order valence-corrected chi connectivity index (χ0v) is 11.7. The van der Waals surface area contributed by atoms with E-state index < -0.39 is 0 Å². The summed E-state index contributed by atoms with van der Waals surface area (Å²) in [7, 11) is 1.98. The molecule has 0 fully saturated rings. The van der Waals surface area contributed by atoms with Gasteiger partial charge in [-0.1, -0.05) is 19.1 Å². The van der Waals surface area contributed by atoms with Crippen LogP contribution in [0.3, 0.4) is 0 Å². The first-order chi connectivity index (χ1) is 8.81. The van der Waals surface area contributed by atoms with Crippen molar-refractivity contribution in [3.05, 3.63) is 29.8 Å². The van der Waals surface area contributed by atoms with E-state index >= 15 is 0 Å². The van der Waals surface area contributed by atoms with E-state index in [9.17, 15) is 0 Å². The van der Waals surface area contributed by atoms with Gasteiger partial charge in [0, 0.05) is 19.3 Å². The first-order valence-corrected chi connectivity index (χ1v) is 6.79. The minimum Gasteiger partial charge on any atom is -0.494 e. The Morgan fingerprint density at radius 2 is 1.83 bits per heavy atom. The average Bonchev–Trinajstić information content (AvgIpc) is 2.42. The molecule has 1 unspecified atom stereocenters. The van der Waals surface area contributed by atoms with Gasteiger partial charge in [-0.2, -0.15) is 0 Å². The Labute approximate surface area is 110 Å². The molecule has 0 amide bonds. The summed E-state index contributed by atoms with van der Waals surface area (Å²) >= 11 is 0. The van der Waals surface area contributed by atoms with Crippen LogP contribution in [0.2, 0.25) is 0 Å². The molecule has 0 aliphatic rings. The molecule has 0 spiro atoms. The van der Waals surface area contributed by atoms with Gasteiger partial charge in [0.2, 0.25) is 0 Å². The van der Waals surface area contributed by atoms with Crippen molar-refractivity contribution in [2.24, 2.45) is 0 Å². The highest BCUT2D eigenvalue weighted by Crippen LogP contribution is 2.20. The Bertz CT molecular complexity index is 311. The van der Waals surface area contributed by atoms with Crippen LogP contribution >= 0.6 is 0 Å². The van der Waals surface area contributed by atoms with E-state index in [1.54, 1.807) is 0 Å². The second kappa shape index (κ2) is 8.95. The van der Waals surface area contributed by atoms with Crippen LogP contribution in [0.15, 0.2) is 24.3 Å². The summed E-state index contributed by atoms with van der Waals surface area (Å²) in [6.07, 6.45) is 2.02. The summed E-state index contributed by atoms with van der Waals surface area (Å²) in [4.78, 5) is 0. The lowest BCUT2D eigenvalue weighted by atomic mass is 10.0. The largest absolute Gasteiger partial charge is 0.494 e. The number of hydrogen-bond donors (Lipinski definition) is 1. The Morgan fingerprint density at radius 1 is 1.11 bits per heavy atom. The molecule has 0 saturated carbocycles. The first kappa shape index (κ1) is 15.0. The van der Waals surface area contributed by atoms with Crippen molar-refractivity contribution in [3.63, 3.8) is 0 Å². The molecule has 1 aromatic rings. The Hall–Kier alpha value is -1.06. The van der Waals surface area contributed by atoms with Crippen LogP contribution in [0.25, 0.3) is 0 Å². The van der Waals surface area contributed by atoms with Crippen molar-refractivity contribution in [2.75, 3.05) is 26.9 Å². The molecule has 0 aromatic heterocycles. The molecule has 3 nitrogen and oxygen atoms in total. The molecule has 0 saturated heterocycles. The van der Waals surface area contributed by atoms with E-state index in [-0.39, 0.29) is 0 Å². The lowest BCUT2D eigenvalue weighted by Gasteiger charge is -2.17. The van der Waals surface area contributed by atoms with Crippen LogP contribution in [0.5, 0.6) is 5.75 Å². The molecule has 1 aromatic carbocycles. The van der Waals surface area contributed by atoms with E-state index in [1.807, 2.05) is 26.1 Å². The second-order valence-corrected chi connectivity index (χ2v) is 4.24. The van der Waals surface area contributed by atoms with Gasteiger partial charge in [-0.25, -0.2) is 0 Å². The molecule has 1 N–H and O–H groups in total. The highest BCUT2D eigenvalue weighted by Gasteiger charge is 2.08. The normalized spacial score (nSPS) is 12.4. The molecule has 18 heavy (non-hydrogen) atoms. The average molecular weight is 251 g/mol. The van der Waals surface area contributed by atoms with Crippen LogP contribution in [-0.2, 0) is 4.74 Å². The smallest absolute Gasteiger partial charge is 0.119 e. The number of rotatable bonds is 9. The lowest BCUT2D eigenvalue weighted by molar-refractivity contribution is 0.137. The van der Waals surface area contributed by atoms with Gasteiger partial charge in [0.05, 0.1) is 6.61 Å². The molecule has 3 heteroatoms. The topological polar surface area (TPSA) is 30.5 Å². The summed E-state index contributed by atoms with van der Waals surface area (Å²) in [6.45, 7) is 6.48. The highest BCUT2D eigenvalue weighted by atomic mass is 16.5. The maximum Gasteiger partial charge on any atom is 0.119 e. The predicted molar refractivity (Wildman–Crippen MR) is 75.1 cm³/mol. The molecule has 0 aliphatic carbocycles. The molecule has 0 bridgehead atoms.